The third-order valence-corrected chi connectivity index (χ3v) is 4.94. The van der Waals surface area contributed by atoms with Crippen molar-refractivity contribution in [3.05, 3.63) is 81.8 Å². The molecule has 0 aliphatic rings. The van der Waals surface area contributed by atoms with Gasteiger partial charge in [0.2, 0.25) is 0 Å². The molecule has 0 atom stereocenters. The highest BCUT2D eigenvalue weighted by atomic mass is 79.9. The fraction of sp³-hybridized carbons (Fsp3) is 0.136. The van der Waals surface area contributed by atoms with E-state index in [1.807, 2.05) is 42.5 Å². The van der Waals surface area contributed by atoms with E-state index in [0.29, 0.717) is 23.0 Å². The molecule has 0 saturated heterocycles. The standard InChI is InChI=1S/C22H20BrClN2O3/c1-28-19-9-7-17(8-10-19)25-13-15-2-11-21(20(23)12-15)29-14-22(27)26-18-5-3-16(24)4-6-18/h2-12,25H,13-14H2,1H3,(H,26,27). The van der Waals surface area contributed by atoms with Gasteiger partial charge in [0.25, 0.3) is 5.91 Å². The third-order valence-electron chi connectivity index (χ3n) is 4.07. The molecule has 150 valence electrons. The minimum atomic E-state index is -0.246. The highest BCUT2D eigenvalue weighted by Gasteiger charge is 2.07. The Kier molecular flexibility index (Phi) is 7.38. The zero-order valence-electron chi connectivity index (χ0n) is 15.7. The molecular formula is C22H20BrClN2O3. The van der Waals surface area contributed by atoms with Crippen molar-refractivity contribution in [3.8, 4) is 11.5 Å². The predicted octanol–water partition coefficient (Wildman–Crippen LogP) is 5.74. The summed E-state index contributed by atoms with van der Waals surface area (Å²) < 4.78 is 11.6. The Balaban J connectivity index is 1.50. The zero-order valence-corrected chi connectivity index (χ0v) is 18.1. The molecule has 0 aromatic heterocycles. The minimum absolute atomic E-state index is 0.0926. The molecule has 3 aromatic rings. The van der Waals surface area contributed by atoms with E-state index in [0.717, 1.165) is 21.5 Å². The van der Waals surface area contributed by atoms with Crippen molar-refractivity contribution in [2.45, 2.75) is 6.54 Å². The number of methoxy groups -OCH3 is 1. The average molecular weight is 476 g/mol. The third kappa shape index (κ3) is 6.41. The van der Waals surface area contributed by atoms with Crippen LogP contribution in [-0.4, -0.2) is 19.6 Å². The summed E-state index contributed by atoms with van der Waals surface area (Å²) in [5.74, 6) is 1.17. The van der Waals surface area contributed by atoms with E-state index < -0.39 is 0 Å². The number of halogens is 2. The molecular weight excluding hydrogens is 456 g/mol. The highest BCUT2D eigenvalue weighted by molar-refractivity contribution is 9.10. The van der Waals surface area contributed by atoms with Crippen LogP contribution in [-0.2, 0) is 11.3 Å². The van der Waals surface area contributed by atoms with Gasteiger partial charge in [0.15, 0.2) is 6.61 Å². The molecule has 0 fully saturated rings. The first kappa shape index (κ1) is 21.0. The lowest BCUT2D eigenvalue weighted by atomic mass is 10.2. The van der Waals surface area contributed by atoms with Crippen molar-refractivity contribution in [2.75, 3.05) is 24.4 Å². The number of hydrogen-bond acceptors (Lipinski definition) is 4. The second kappa shape index (κ2) is 10.2. The molecule has 0 spiro atoms. The number of benzene rings is 3. The van der Waals surface area contributed by atoms with E-state index in [-0.39, 0.29) is 12.5 Å². The number of ether oxygens (including phenoxy) is 2. The highest BCUT2D eigenvalue weighted by Crippen LogP contribution is 2.26. The van der Waals surface area contributed by atoms with Crippen molar-refractivity contribution in [2.24, 2.45) is 0 Å². The number of carbonyl (C=O) groups is 1. The maximum absolute atomic E-state index is 12.1. The van der Waals surface area contributed by atoms with Crippen LogP contribution in [0, 0.1) is 0 Å². The van der Waals surface area contributed by atoms with Gasteiger partial charge in [-0.25, -0.2) is 0 Å². The Hall–Kier alpha value is -2.70. The van der Waals surface area contributed by atoms with Crippen molar-refractivity contribution in [1.29, 1.82) is 0 Å². The Morgan fingerprint density at radius 3 is 2.34 bits per heavy atom. The van der Waals surface area contributed by atoms with E-state index in [1.165, 1.54) is 0 Å². The number of amides is 1. The molecule has 29 heavy (non-hydrogen) atoms. The van der Waals surface area contributed by atoms with Crippen LogP contribution in [0.5, 0.6) is 11.5 Å². The molecule has 0 heterocycles. The van der Waals surface area contributed by atoms with E-state index in [2.05, 4.69) is 26.6 Å². The Morgan fingerprint density at radius 1 is 1.00 bits per heavy atom. The van der Waals surface area contributed by atoms with Crippen LogP contribution in [0.1, 0.15) is 5.56 Å². The summed E-state index contributed by atoms with van der Waals surface area (Å²) >= 11 is 9.34. The predicted molar refractivity (Wildman–Crippen MR) is 120 cm³/mol. The average Bonchev–Trinajstić information content (AvgIpc) is 2.73. The number of nitrogens with one attached hydrogen (secondary N) is 2. The Morgan fingerprint density at radius 2 is 1.69 bits per heavy atom. The van der Waals surface area contributed by atoms with Crippen molar-refractivity contribution < 1.29 is 14.3 Å². The van der Waals surface area contributed by atoms with Gasteiger partial charge in [-0.05, 0) is 82.2 Å². The molecule has 0 unspecified atom stereocenters. The van der Waals surface area contributed by atoms with Gasteiger partial charge in [-0.2, -0.15) is 0 Å². The molecule has 2 N–H and O–H groups in total. The van der Waals surface area contributed by atoms with Gasteiger partial charge < -0.3 is 20.1 Å². The van der Waals surface area contributed by atoms with Crippen molar-refractivity contribution >= 4 is 44.8 Å². The molecule has 0 bridgehead atoms. The molecule has 5 nitrogen and oxygen atoms in total. The summed E-state index contributed by atoms with van der Waals surface area (Å²) in [4.78, 5) is 12.1. The monoisotopic (exact) mass is 474 g/mol. The molecule has 3 aromatic carbocycles. The van der Waals surface area contributed by atoms with Gasteiger partial charge in [0, 0.05) is 22.9 Å². The van der Waals surface area contributed by atoms with Crippen molar-refractivity contribution in [3.63, 3.8) is 0 Å². The first-order chi connectivity index (χ1) is 14.0. The number of hydrogen-bond donors (Lipinski definition) is 2. The van der Waals surface area contributed by atoms with Crippen LogP contribution in [0.15, 0.2) is 71.2 Å². The summed E-state index contributed by atoms with van der Waals surface area (Å²) in [6.45, 7) is 0.562. The summed E-state index contributed by atoms with van der Waals surface area (Å²) in [6.07, 6.45) is 0. The maximum Gasteiger partial charge on any atom is 0.262 e. The number of carbonyl (C=O) groups excluding carboxylic acids is 1. The van der Waals surface area contributed by atoms with Crippen LogP contribution >= 0.6 is 27.5 Å². The molecule has 0 saturated carbocycles. The summed E-state index contributed by atoms with van der Waals surface area (Å²) in [5.41, 5.74) is 2.74. The van der Waals surface area contributed by atoms with Crippen LogP contribution in [0.4, 0.5) is 11.4 Å². The SMILES string of the molecule is COc1ccc(NCc2ccc(OCC(=O)Nc3ccc(Cl)cc3)c(Br)c2)cc1. The van der Waals surface area contributed by atoms with E-state index in [1.54, 1.807) is 31.4 Å². The van der Waals surface area contributed by atoms with Gasteiger partial charge in [0.05, 0.1) is 11.6 Å². The second-order valence-electron chi connectivity index (χ2n) is 6.19. The van der Waals surface area contributed by atoms with E-state index in [4.69, 9.17) is 21.1 Å². The lowest BCUT2D eigenvalue weighted by Crippen LogP contribution is -2.20. The van der Waals surface area contributed by atoms with Crippen LogP contribution < -0.4 is 20.1 Å². The maximum atomic E-state index is 12.1. The van der Waals surface area contributed by atoms with Crippen LogP contribution in [0.3, 0.4) is 0 Å². The molecule has 3 rings (SSSR count). The Bertz CT molecular complexity index is 963. The molecule has 0 aliphatic heterocycles. The lowest BCUT2D eigenvalue weighted by Gasteiger charge is -2.11. The second-order valence-corrected chi connectivity index (χ2v) is 7.48. The number of anilines is 2. The van der Waals surface area contributed by atoms with Gasteiger partial charge in [-0.15, -0.1) is 0 Å². The van der Waals surface area contributed by atoms with E-state index in [9.17, 15) is 4.79 Å². The molecule has 0 aliphatic carbocycles. The fourth-order valence-electron chi connectivity index (χ4n) is 2.56. The van der Waals surface area contributed by atoms with Crippen LogP contribution in [0.25, 0.3) is 0 Å². The molecule has 1 amide bonds. The van der Waals surface area contributed by atoms with Crippen molar-refractivity contribution in [1.82, 2.24) is 0 Å². The molecule has 7 heteroatoms. The van der Waals surface area contributed by atoms with E-state index >= 15 is 0 Å². The normalized spacial score (nSPS) is 10.3. The largest absolute Gasteiger partial charge is 0.497 e. The quantitative estimate of drug-likeness (QED) is 0.436. The topological polar surface area (TPSA) is 59.6 Å². The summed E-state index contributed by atoms with van der Waals surface area (Å²) in [7, 11) is 1.64. The summed E-state index contributed by atoms with van der Waals surface area (Å²) in [5, 5.41) is 6.73. The zero-order chi connectivity index (χ0) is 20.6. The van der Waals surface area contributed by atoms with Gasteiger partial charge in [0.1, 0.15) is 11.5 Å². The first-order valence-electron chi connectivity index (χ1n) is 8.88. The van der Waals surface area contributed by atoms with Gasteiger partial charge in [-0.1, -0.05) is 17.7 Å². The van der Waals surface area contributed by atoms with Gasteiger partial charge >= 0.3 is 0 Å². The smallest absolute Gasteiger partial charge is 0.262 e. The minimum Gasteiger partial charge on any atom is -0.497 e. The molecule has 0 radical (unpaired) electrons. The first-order valence-corrected chi connectivity index (χ1v) is 10.0. The number of rotatable bonds is 8. The van der Waals surface area contributed by atoms with Crippen LogP contribution in [0.2, 0.25) is 5.02 Å². The van der Waals surface area contributed by atoms with Gasteiger partial charge in [-0.3, -0.25) is 4.79 Å². The Labute approximate surface area is 183 Å². The lowest BCUT2D eigenvalue weighted by molar-refractivity contribution is -0.118. The fourth-order valence-corrected chi connectivity index (χ4v) is 3.22. The summed E-state index contributed by atoms with van der Waals surface area (Å²) in [6, 6.07) is 20.4.